The summed E-state index contributed by atoms with van der Waals surface area (Å²) in [6.45, 7) is 4.61. The summed E-state index contributed by atoms with van der Waals surface area (Å²) < 4.78 is 6.59. The minimum Gasteiger partial charge on any atom is -0.475 e. The predicted octanol–water partition coefficient (Wildman–Crippen LogP) is 3.64. The lowest BCUT2D eigenvalue weighted by Gasteiger charge is -2.10. The first-order chi connectivity index (χ1) is 9.13. The lowest BCUT2D eigenvalue weighted by Crippen LogP contribution is -2.09. The second-order valence-electron chi connectivity index (χ2n) is 4.37. The molecule has 100 valence electrons. The highest BCUT2D eigenvalue weighted by atomic mass is 79.9. The third-order valence-corrected chi connectivity index (χ3v) is 2.82. The van der Waals surface area contributed by atoms with Crippen molar-refractivity contribution in [3.05, 3.63) is 46.6 Å². The van der Waals surface area contributed by atoms with Crippen LogP contribution in [0.1, 0.15) is 19.4 Å². The minimum atomic E-state index is 0.104. The Morgan fingerprint density at radius 1 is 1.32 bits per heavy atom. The van der Waals surface area contributed by atoms with Gasteiger partial charge in [0.1, 0.15) is 0 Å². The second-order valence-corrected chi connectivity index (χ2v) is 5.28. The molecule has 0 saturated heterocycles. The number of anilines is 1. The summed E-state index contributed by atoms with van der Waals surface area (Å²) in [7, 11) is 0. The lowest BCUT2D eigenvalue weighted by molar-refractivity contribution is 0.232. The monoisotopic (exact) mass is 321 g/mol. The summed E-state index contributed by atoms with van der Waals surface area (Å²) in [5, 5.41) is 3.18. The molecule has 0 spiro atoms. The fraction of sp³-hybridized carbons (Fsp3) is 0.286. The Bertz CT molecular complexity index is 546. The molecule has 0 aliphatic carbocycles. The summed E-state index contributed by atoms with van der Waals surface area (Å²) in [5.41, 5.74) is 1.16. The number of aromatic nitrogens is 2. The smallest absolute Gasteiger partial charge is 0.226 e. The second kappa shape index (κ2) is 6.52. The van der Waals surface area contributed by atoms with E-state index < -0.39 is 0 Å². The molecule has 5 heteroatoms. The van der Waals surface area contributed by atoms with Gasteiger partial charge in [-0.25, -0.2) is 4.98 Å². The van der Waals surface area contributed by atoms with Gasteiger partial charge in [0, 0.05) is 23.3 Å². The van der Waals surface area contributed by atoms with Gasteiger partial charge >= 0.3 is 0 Å². The van der Waals surface area contributed by atoms with E-state index in [1.54, 1.807) is 12.3 Å². The normalized spacial score (nSPS) is 10.5. The van der Waals surface area contributed by atoms with Crippen LogP contribution in [0.5, 0.6) is 5.88 Å². The van der Waals surface area contributed by atoms with Crippen molar-refractivity contribution in [2.75, 3.05) is 5.32 Å². The van der Waals surface area contributed by atoms with Crippen molar-refractivity contribution >= 4 is 21.9 Å². The van der Waals surface area contributed by atoms with Gasteiger partial charge in [-0.05, 0) is 31.5 Å². The van der Waals surface area contributed by atoms with Gasteiger partial charge in [0.05, 0.1) is 6.10 Å². The van der Waals surface area contributed by atoms with E-state index in [1.807, 2.05) is 32.0 Å². The van der Waals surface area contributed by atoms with Gasteiger partial charge in [-0.15, -0.1) is 0 Å². The van der Waals surface area contributed by atoms with Crippen LogP contribution in [0.3, 0.4) is 0 Å². The molecule has 4 nitrogen and oxygen atoms in total. The molecule has 0 aliphatic rings. The van der Waals surface area contributed by atoms with Crippen molar-refractivity contribution in [2.24, 2.45) is 0 Å². The Balaban J connectivity index is 1.99. The van der Waals surface area contributed by atoms with Crippen LogP contribution in [0, 0.1) is 0 Å². The molecule has 1 aromatic carbocycles. The average molecular weight is 322 g/mol. The fourth-order valence-electron chi connectivity index (χ4n) is 1.56. The SMILES string of the molecule is CC(C)Oc1ccnc(NCc2cccc(Br)c2)n1. The largest absolute Gasteiger partial charge is 0.475 e. The van der Waals surface area contributed by atoms with Crippen molar-refractivity contribution in [2.45, 2.75) is 26.5 Å². The number of rotatable bonds is 5. The number of ether oxygens (including phenoxy) is 1. The van der Waals surface area contributed by atoms with Crippen LogP contribution in [0.25, 0.3) is 0 Å². The van der Waals surface area contributed by atoms with Gasteiger partial charge in [0.25, 0.3) is 0 Å². The van der Waals surface area contributed by atoms with E-state index in [9.17, 15) is 0 Å². The quantitative estimate of drug-likeness (QED) is 0.913. The number of nitrogens with one attached hydrogen (secondary N) is 1. The molecule has 0 saturated carbocycles. The first-order valence-corrected chi connectivity index (χ1v) is 6.91. The maximum absolute atomic E-state index is 5.53. The highest BCUT2D eigenvalue weighted by Gasteiger charge is 2.02. The molecule has 0 bridgehead atoms. The molecule has 0 atom stereocenters. The molecule has 0 unspecified atom stereocenters. The third-order valence-electron chi connectivity index (χ3n) is 2.33. The summed E-state index contributed by atoms with van der Waals surface area (Å²) in [5.74, 6) is 1.15. The molecule has 2 aromatic rings. The number of hydrogen-bond acceptors (Lipinski definition) is 4. The van der Waals surface area contributed by atoms with Crippen LogP contribution >= 0.6 is 15.9 Å². The van der Waals surface area contributed by atoms with Crippen LogP contribution < -0.4 is 10.1 Å². The fourth-order valence-corrected chi connectivity index (χ4v) is 2.01. The van der Waals surface area contributed by atoms with Crippen molar-refractivity contribution in [3.63, 3.8) is 0 Å². The van der Waals surface area contributed by atoms with Crippen LogP contribution in [-0.2, 0) is 6.54 Å². The Kier molecular flexibility index (Phi) is 4.74. The third kappa shape index (κ3) is 4.52. The number of nitrogens with zero attached hydrogens (tertiary/aromatic N) is 2. The molecule has 1 heterocycles. The van der Waals surface area contributed by atoms with E-state index in [0.29, 0.717) is 18.4 Å². The first-order valence-electron chi connectivity index (χ1n) is 6.11. The van der Waals surface area contributed by atoms with E-state index in [4.69, 9.17) is 4.74 Å². The maximum Gasteiger partial charge on any atom is 0.226 e. The summed E-state index contributed by atoms with van der Waals surface area (Å²) in [6.07, 6.45) is 1.79. The standard InChI is InChI=1S/C14H16BrN3O/c1-10(2)19-13-6-7-16-14(18-13)17-9-11-4-3-5-12(15)8-11/h3-8,10H,9H2,1-2H3,(H,16,17,18). The molecule has 1 aromatic heterocycles. The zero-order valence-electron chi connectivity index (χ0n) is 10.9. The van der Waals surface area contributed by atoms with Crippen LogP contribution in [0.2, 0.25) is 0 Å². The van der Waals surface area contributed by atoms with Crippen molar-refractivity contribution in [1.82, 2.24) is 9.97 Å². The molecule has 0 fully saturated rings. The highest BCUT2D eigenvalue weighted by Crippen LogP contribution is 2.14. The maximum atomic E-state index is 5.53. The van der Waals surface area contributed by atoms with Crippen LogP contribution in [0.15, 0.2) is 41.0 Å². The Morgan fingerprint density at radius 2 is 2.16 bits per heavy atom. The average Bonchev–Trinajstić information content (AvgIpc) is 2.36. The van der Waals surface area contributed by atoms with E-state index in [0.717, 1.165) is 10.0 Å². The Morgan fingerprint density at radius 3 is 2.89 bits per heavy atom. The van der Waals surface area contributed by atoms with Crippen molar-refractivity contribution in [3.8, 4) is 5.88 Å². The summed E-state index contributed by atoms with van der Waals surface area (Å²) in [6, 6.07) is 9.86. The molecular formula is C14H16BrN3O. The molecule has 0 radical (unpaired) electrons. The zero-order valence-corrected chi connectivity index (χ0v) is 12.5. The molecule has 19 heavy (non-hydrogen) atoms. The first kappa shape index (κ1) is 13.8. The highest BCUT2D eigenvalue weighted by molar-refractivity contribution is 9.10. The number of hydrogen-bond donors (Lipinski definition) is 1. The summed E-state index contributed by atoms with van der Waals surface area (Å²) >= 11 is 3.45. The van der Waals surface area contributed by atoms with Crippen LogP contribution in [0.4, 0.5) is 5.95 Å². The van der Waals surface area contributed by atoms with E-state index in [-0.39, 0.29) is 6.10 Å². The number of halogens is 1. The van der Waals surface area contributed by atoms with Crippen LogP contribution in [-0.4, -0.2) is 16.1 Å². The van der Waals surface area contributed by atoms with E-state index in [1.165, 1.54) is 0 Å². The Labute approximate surface area is 121 Å². The number of benzene rings is 1. The lowest BCUT2D eigenvalue weighted by atomic mass is 10.2. The summed E-state index contributed by atoms with van der Waals surface area (Å²) in [4.78, 5) is 8.46. The van der Waals surface area contributed by atoms with E-state index in [2.05, 4.69) is 37.3 Å². The topological polar surface area (TPSA) is 47.0 Å². The van der Waals surface area contributed by atoms with Gasteiger partial charge in [-0.1, -0.05) is 28.1 Å². The minimum absolute atomic E-state index is 0.104. The molecule has 1 N–H and O–H groups in total. The van der Waals surface area contributed by atoms with Gasteiger partial charge in [0.2, 0.25) is 11.8 Å². The molecule has 2 rings (SSSR count). The van der Waals surface area contributed by atoms with Crippen molar-refractivity contribution < 1.29 is 4.74 Å². The molecule has 0 amide bonds. The zero-order chi connectivity index (χ0) is 13.7. The van der Waals surface area contributed by atoms with Gasteiger partial charge in [0.15, 0.2) is 0 Å². The van der Waals surface area contributed by atoms with Gasteiger partial charge in [-0.2, -0.15) is 4.98 Å². The van der Waals surface area contributed by atoms with Gasteiger partial charge in [-0.3, -0.25) is 0 Å². The predicted molar refractivity (Wildman–Crippen MR) is 79.3 cm³/mol. The van der Waals surface area contributed by atoms with Gasteiger partial charge < -0.3 is 10.1 Å². The van der Waals surface area contributed by atoms with E-state index >= 15 is 0 Å². The van der Waals surface area contributed by atoms with Crippen molar-refractivity contribution in [1.29, 1.82) is 0 Å². The molecule has 0 aliphatic heterocycles. The molecular weight excluding hydrogens is 306 g/mol. The Hall–Kier alpha value is -1.62.